The van der Waals surface area contributed by atoms with Crippen LogP contribution in [0.4, 0.5) is 0 Å². The standard InChI is InChI=1S/C26H38N2O3/c1-25(2,3)31-24(30)26(4,27-17-11-12-18-29)21-28(19-22-13-7-5-8-14-22)20-23-15-9-6-10-16-23/h5-10,13-16,27,29H,11-12,17-21H2,1-4H3. The topological polar surface area (TPSA) is 61.8 Å². The van der Waals surface area contributed by atoms with Crippen molar-refractivity contribution >= 4 is 5.97 Å². The van der Waals surface area contributed by atoms with Crippen LogP contribution in [0.1, 0.15) is 51.7 Å². The number of aliphatic hydroxyl groups excluding tert-OH is 1. The molecule has 0 amide bonds. The van der Waals surface area contributed by atoms with Gasteiger partial charge in [0, 0.05) is 26.2 Å². The SMILES string of the molecule is CC(C)(C)OC(=O)C(C)(CN(Cc1ccccc1)Cc1ccccc1)NCCCCO. The highest BCUT2D eigenvalue weighted by Crippen LogP contribution is 2.19. The van der Waals surface area contributed by atoms with Crippen LogP contribution in [0, 0.1) is 0 Å². The molecule has 0 radical (unpaired) electrons. The molecule has 2 N–H and O–H groups in total. The van der Waals surface area contributed by atoms with E-state index in [0.717, 1.165) is 19.5 Å². The summed E-state index contributed by atoms with van der Waals surface area (Å²) >= 11 is 0. The second-order valence-corrected chi connectivity index (χ2v) is 9.31. The van der Waals surface area contributed by atoms with E-state index in [1.807, 2.05) is 64.1 Å². The summed E-state index contributed by atoms with van der Waals surface area (Å²) in [4.78, 5) is 15.5. The summed E-state index contributed by atoms with van der Waals surface area (Å²) < 4.78 is 5.78. The molecule has 0 saturated carbocycles. The molecule has 31 heavy (non-hydrogen) atoms. The minimum Gasteiger partial charge on any atom is -0.459 e. The smallest absolute Gasteiger partial charge is 0.327 e. The summed E-state index contributed by atoms with van der Waals surface area (Å²) in [5.41, 5.74) is 0.969. The summed E-state index contributed by atoms with van der Waals surface area (Å²) in [5, 5.41) is 12.5. The molecule has 0 fully saturated rings. The minimum atomic E-state index is -0.869. The van der Waals surface area contributed by atoms with Crippen LogP contribution in [0.15, 0.2) is 60.7 Å². The Labute approximate surface area is 187 Å². The Morgan fingerprint density at radius 2 is 1.42 bits per heavy atom. The number of nitrogens with zero attached hydrogens (tertiary/aromatic N) is 1. The second-order valence-electron chi connectivity index (χ2n) is 9.31. The van der Waals surface area contributed by atoms with Gasteiger partial charge >= 0.3 is 5.97 Å². The first-order valence-corrected chi connectivity index (χ1v) is 11.1. The van der Waals surface area contributed by atoms with Crippen molar-refractivity contribution in [1.82, 2.24) is 10.2 Å². The highest BCUT2D eigenvalue weighted by molar-refractivity contribution is 5.81. The average molecular weight is 427 g/mol. The molecule has 170 valence electrons. The van der Waals surface area contributed by atoms with Gasteiger partial charge in [0.2, 0.25) is 0 Å². The summed E-state index contributed by atoms with van der Waals surface area (Å²) in [6, 6.07) is 20.6. The second kappa shape index (κ2) is 12.0. The summed E-state index contributed by atoms with van der Waals surface area (Å²) in [6.45, 7) is 10.3. The van der Waals surface area contributed by atoms with Crippen molar-refractivity contribution in [2.45, 2.75) is 64.8 Å². The molecule has 5 heteroatoms. The van der Waals surface area contributed by atoms with E-state index >= 15 is 0 Å². The van der Waals surface area contributed by atoms with Gasteiger partial charge in [-0.15, -0.1) is 0 Å². The van der Waals surface area contributed by atoms with E-state index in [1.54, 1.807) is 0 Å². The number of benzene rings is 2. The molecular formula is C26H38N2O3. The zero-order valence-electron chi connectivity index (χ0n) is 19.4. The molecule has 0 aliphatic heterocycles. The van der Waals surface area contributed by atoms with E-state index in [0.29, 0.717) is 19.5 Å². The predicted molar refractivity (Wildman–Crippen MR) is 126 cm³/mol. The van der Waals surface area contributed by atoms with E-state index < -0.39 is 11.1 Å². The van der Waals surface area contributed by atoms with Crippen molar-refractivity contribution in [2.75, 3.05) is 19.7 Å². The number of aliphatic hydroxyl groups is 1. The van der Waals surface area contributed by atoms with Gasteiger partial charge in [0.15, 0.2) is 0 Å². The number of nitrogens with one attached hydrogen (secondary N) is 1. The zero-order chi connectivity index (χ0) is 22.7. The van der Waals surface area contributed by atoms with Gasteiger partial charge in [-0.3, -0.25) is 4.90 Å². The minimum absolute atomic E-state index is 0.152. The van der Waals surface area contributed by atoms with E-state index in [2.05, 4.69) is 34.5 Å². The Kier molecular flexibility index (Phi) is 9.69. The molecule has 0 spiro atoms. The van der Waals surface area contributed by atoms with Crippen LogP contribution in [0.2, 0.25) is 0 Å². The number of rotatable bonds is 12. The molecule has 5 nitrogen and oxygen atoms in total. The molecule has 0 aliphatic carbocycles. The first-order chi connectivity index (χ1) is 14.7. The average Bonchev–Trinajstić information content (AvgIpc) is 2.71. The van der Waals surface area contributed by atoms with Crippen LogP contribution in [-0.4, -0.2) is 46.8 Å². The van der Waals surface area contributed by atoms with Crippen LogP contribution in [-0.2, 0) is 22.6 Å². The number of hydrogen-bond acceptors (Lipinski definition) is 5. The molecule has 2 aromatic carbocycles. The van der Waals surface area contributed by atoms with Crippen LogP contribution in [0.5, 0.6) is 0 Å². The van der Waals surface area contributed by atoms with E-state index in [4.69, 9.17) is 9.84 Å². The van der Waals surface area contributed by atoms with Gasteiger partial charge in [-0.25, -0.2) is 4.79 Å². The largest absolute Gasteiger partial charge is 0.459 e. The number of carbonyl (C=O) groups is 1. The lowest BCUT2D eigenvalue weighted by Gasteiger charge is -2.37. The van der Waals surface area contributed by atoms with Crippen molar-refractivity contribution in [2.24, 2.45) is 0 Å². The first-order valence-electron chi connectivity index (χ1n) is 11.1. The van der Waals surface area contributed by atoms with Crippen LogP contribution in [0.3, 0.4) is 0 Å². The van der Waals surface area contributed by atoms with Crippen molar-refractivity contribution in [1.29, 1.82) is 0 Å². The third kappa shape index (κ3) is 9.21. The van der Waals surface area contributed by atoms with Gasteiger partial charge in [-0.2, -0.15) is 0 Å². The highest BCUT2D eigenvalue weighted by atomic mass is 16.6. The number of hydrogen-bond donors (Lipinski definition) is 2. The Morgan fingerprint density at radius 3 is 1.87 bits per heavy atom. The maximum Gasteiger partial charge on any atom is 0.327 e. The molecule has 0 heterocycles. The van der Waals surface area contributed by atoms with Crippen molar-refractivity contribution in [3.05, 3.63) is 71.8 Å². The fourth-order valence-electron chi connectivity index (χ4n) is 3.48. The number of carbonyl (C=O) groups excluding carboxylic acids is 1. The molecular weight excluding hydrogens is 388 g/mol. The van der Waals surface area contributed by atoms with Gasteiger partial charge in [0.05, 0.1) is 0 Å². The predicted octanol–water partition coefficient (Wildman–Crippen LogP) is 4.15. The number of unbranched alkanes of at least 4 members (excludes halogenated alkanes) is 1. The van der Waals surface area contributed by atoms with Gasteiger partial charge in [-0.1, -0.05) is 60.7 Å². The molecule has 1 unspecified atom stereocenters. The Bertz CT molecular complexity index is 733. The van der Waals surface area contributed by atoms with Crippen molar-refractivity contribution in [3.8, 4) is 0 Å². The lowest BCUT2D eigenvalue weighted by molar-refractivity contribution is -0.163. The molecule has 0 aromatic heterocycles. The van der Waals surface area contributed by atoms with Crippen molar-refractivity contribution < 1.29 is 14.6 Å². The Balaban J connectivity index is 2.24. The zero-order valence-corrected chi connectivity index (χ0v) is 19.4. The van der Waals surface area contributed by atoms with E-state index in [-0.39, 0.29) is 12.6 Å². The Morgan fingerprint density at radius 1 is 0.903 bits per heavy atom. The summed E-state index contributed by atoms with van der Waals surface area (Å²) in [5.74, 6) is -0.255. The lowest BCUT2D eigenvalue weighted by atomic mass is 9.99. The normalized spacial score (nSPS) is 13.7. The third-order valence-corrected chi connectivity index (χ3v) is 4.99. The maximum atomic E-state index is 13.2. The lowest BCUT2D eigenvalue weighted by Crippen LogP contribution is -2.58. The van der Waals surface area contributed by atoms with Gasteiger partial charge in [0.1, 0.15) is 11.1 Å². The third-order valence-electron chi connectivity index (χ3n) is 4.99. The highest BCUT2D eigenvalue weighted by Gasteiger charge is 2.38. The fraction of sp³-hybridized carbons (Fsp3) is 0.500. The van der Waals surface area contributed by atoms with Gasteiger partial charge in [-0.05, 0) is 58.2 Å². The van der Waals surface area contributed by atoms with Crippen molar-refractivity contribution in [3.63, 3.8) is 0 Å². The van der Waals surface area contributed by atoms with Gasteiger partial charge < -0.3 is 15.2 Å². The molecule has 0 bridgehead atoms. The quantitative estimate of drug-likeness (QED) is 0.394. The van der Waals surface area contributed by atoms with Crippen LogP contribution >= 0.6 is 0 Å². The van der Waals surface area contributed by atoms with Gasteiger partial charge in [0.25, 0.3) is 0 Å². The van der Waals surface area contributed by atoms with Crippen LogP contribution < -0.4 is 5.32 Å². The molecule has 1 atom stereocenters. The van der Waals surface area contributed by atoms with E-state index in [1.165, 1.54) is 11.1 Å². The maximum absolute atomic E-state index is 13.2. The monoisotopic (exact) mass is 426 g/mol. The summed E-state index contributed by atoms with van der Waals surface area (Å²) in [7, 11) is 0. The fourth-order valence-corrected chi connectivity index (χ4v) is 3.48. The Hall–Kier alpha value is -2.21. The molecule has 2 aromatic rings. The summed E-state index contributed by atoms with van der Waals surface area (Å²) in [6.07, 6.45) is 1.50. The van der Waals surface area contributed by atoms with Crippen LogP contribution in [0.25, 0.3) is 0 Å². The number of esters is 1. The molecule has 2 rings (SSSR count). The van der Waals surface area contributed by atoms with E-state index in [9.17, 15) is 4.79 Å². The number of ether oxygens (including phenoxy) is 1. The molecule has 0 saturated heterocycles. The molecule has 0 aliphatic rings. The first kappa shape index (κ1) is 25.1.